The van der Waals surface area contributed by atoms with Crippen molar-refractivity contribution in [3.8, 4) is 11.5 Å². The molecule has 2 aromatic rings. The van der Waals surface area contributed by atoms with Crippen LogP contribution >= 0.6 is 39.3 Å². The third-order valence-electron chi connectivity index (χ3n) is 4.00. The molecule has 0 spiro atoms. The zero-order valence-electron chi connectivity index (χ0n) is 16.2. The molecule has 1 aliphatic heterocycles. The lowest BCUT2D eigenvalue weighted by atomic mass is 10.2. The fourth-order valence-corrected chi connectivity index (χ4v) is 4.16. The summed E-state index contributed by atoms with van der Waals surface area (Å²) in [5, 5.41) is 1.25. The van der Waals surface area contributed by atoms with Crippen LogP contribution in [0.15, 0.2) is 50.8 Å². The highest BCUT2D eigenvalue weighted by Gasteiger charge is 2.30. The number of amidine groups is 1. The number of nitrogens with zero attached hydrogens (tertiary/aromatic N) is 2. The Balaban J connectivity index is 1.93. The van der Waals surface area contributed by atoms with E-state index in [1.165, 1.54) is 16.7 Å². The molecule has 0 saturated carbocycles. The molecular weight excluding hydrogens is 476 g/mol. The van der Waals surface area contributed by atoms with E-state index < -0.39 is 0 Å². The van der Waals surface area contributed by atoms with Crippen LogP contribution in [0.3, 0.4) is 0 Å². The van der Waals surface area contributed by atoms with Crippen molar-refractivity contribution in [3.05, 3.63) is 56.4 Å². The largest absolute Gasteiger partial charge is 0.490 e. The topological polar surface area (TPSA) is 51.1 Å². The monoisotopic (exact) mass is 494 g/mol. The molecule has 0 aromatic heterocycles. The molecular formula is C21H20BrClN2O3S. The zero-order valence-corrected chi connectivity index (χ0v) is 19.4. The number of hydrogen-bond donors (Lipinski definition) is 0. The van der Waals surface area contributed by atoms with Gasteiger partial charge in [0.2, 0.25) is 0 Å². The number of benzene rings is 2. The first-order valence-corrected chi connectivity index (χ1v) is 11.0. The smallest absolute Gasteiger partial charge is 0.266 e. The van der Waals surface area contributed by atoms with Crippen molar-refractivity contribution in [2.24, 2.45) is 4.99 Å². The molecule has 0 aliphatic carbocycles. The summed E-state index contributed by atoms with van der Waals surface area (Å²) in [6.45, 7) is 4.90. The number of hydrogen-bond acceptors (Lipinski definition) is 5. The Hall–Kier alpha value is -1.96. The number of likely N-dealkylation sites (N-methyl/N-ethyl adjacent to an activating group) is 1. The average molecular weight is 496 g/mol. The molecule has 1 amide bonds. The number of thioether (sulfide) groups is 1. The van der Waals surface area contributed by atoms with Gasteiger partial charge in [0.25, 0.3) is 5.91 Å². The molecule has 0 radical (unpaired) electrons. The molecule has 0 N–H and O–H groups in total. The number of rotatable bonds is 6. The Morgan fingerprint density at radius 1 is 1.14 bits per heavy atom. The Morgan fingerprint density at radius 3 is 2.38 bits per heavy atom. The first-order chi connectivity index (χ1) is 13.9. The second-order valence-corrected chi connectivity index (χ2v) is 8.33. The van der Waals surface area contributed by atoms with E-state index in [1.54, 1.807) is 19.2 Å². The van der Waals surface area contributed by atoms with Crippen molar-refractivity contribution in [1.29, 1.82) is 0 Å². The molecule has 0 unspecified atom stereocenters. The Morgan fingerprint density at radius 2 is 1.76 bits per heavy atom. The van der Waals surface area contributed by atoms with Gasteiger partial charge in [-0.3, -0.25) is 9.69 Å². The predicted octanol–water partition coefficient (Wildman–Crippen LogP) is 6.13. The van der Waals surface area contributed by atoms with Gasteiger partial charge in [-0.05, 0) is 73.6 Å². The van der Waals surface area contributed by atoms with E-state index >= 15 is 0 Å². The van der Waals surface area contributed by atoms with E-state index in [-0.39, 0.29) is 5.91 Å². The van der Waals surface area contributed by atoms with Gasteiger partial charge >= 0.3 is 0 Å². The number of ether oxygens (including phenoxy) is 2. The Kier molecular flexibility index (Phi) is 7.27. The molecule has 5 nitrogen and oxygen atoms in total. The van der Waals surface area contributed by atoms with Crippen LogP contribution in [0.2, 0.25) is 5.02 Å². The van der Waals surface area contributed by atoms with Crippen molar-refractivity contribution in [1.82, 2.24) is 4.90 Å². The lowest BCUT2D eigenvalue weighted by molar-refractivity contribution is -0.121. The fraction of sp³-hybridized carbons (Fsp3) is 0.238. The normalized spacial score (nSPS) is 16.7. The Labute approximate surface area is 187 Å². The van der Waals surface area contributed by atoms with Gasteiger partial charge in [-0.25, -0.2) is 4.99 Å². The number of aliphatic imine (C=N–C) groups is 1. The summed E-state index contributed by atoms with van der Waals surface area (Å²) >= 11 is 10.8. The molecule has 2 aromatic carbocycles. The predicted molar refractivity (Wildman–Crippen MR) is 123 cm³/mol. The van der Waals surface area contributed by atoms with Gasteiger partial charge in [0.1, 0.15) is 0 Å². The third kappa shape index (κ3) is 5.15. The van der Waals surface area contributed by atoms with Gasteiger partial charge < -0.3 is 9.47 Å². The summed E-state index contributed by atoms with van der Waals surface area (Å²) in [6.07, 6.45) is 1.83. The minimum absolute atomic E-state index is 0.110. The highest BCUT2D eigenvalue weighted by atomic mass is 79.9. The second-order valence-electron chi connectivity index (χ2n) is 6.03. The van der Waals surface area contributed by atoms with Crippen LogP contribution < -0.4 is 9.47 Å². The van der Waals surface area contributed by atoms with E-state index in [9.17, 15) is 4.79 Å². The molecule has 1 fully saturated rings. The van der Waals surface area contributed by atoms with Crippen LogP contribution in [0.5, 0.6) is 11.5 Å². The van der Waals surface area contributed by atoms with E-state index in [0.29, 0.717) is 39.8 Å². The maximum atomic E-state index is 12.7. The SMILES string of the molecule is CCOc1cc(Br)c(/C=C2\SC(=Nc3ccc(Cl)cc3)N(C)C2=O)cc1OCC. The van der Waals surface area contributed by atoms with Gasteiger partial charge in [0, 0.05) is 16.5 Å². The van der Waals surface area contributed by atoms with E-state index in [2.05, 4.69) is 20.9 Å². The highest BCUT2D eigenvalue weighted by molar-refractivity contribution is 9.10. The van der Waals surface area contributed by atoms with E-state index in [0.717, 1.165) is 15.7 Å². The minimum Gasteiger partial charge on any atom is -0.490 e. The number of halogens is 2. The lowest BCUT2D eigenvalue weighted by Gasteiger charge is -2.13. The average Bonchev–Trinajstić information content (AvgIpc) is 2.95. The molecule has 1 aliphatic rings. The molecule has 8 heteroatoms. The molecule has 0 bridgehead atoms. The summed E-state index contributed by atoms with van der Waals surface area (Å²) in [6, 6.07) is 10.9. The second kappa shape index (κ2) is 9.69. The van der Waals surface area contributed by atoms with Gasteiger partial charge in [-0.1, -0.05) is 27.5 Å². The van der Waals surface area contributed by atoms with Gasteiger partial charge in [0.05, 0.1) is 23.8 Å². The van der Waals surface area contributed by atoms with Crippen molar-refractivity contribution in [2.45, 2.75) is 13.8 Å². The van der Waals surface area contributed by atoms with Crippen LogP contribution in [-0.2, 0) is 4.79 Å². The molecule has 152 valence electrons. The lowest BCUT2D eigenvalue weighted by Crippen LogP contribution is -2.23. The van der Waals surface area contributed by atoms with Crippen LogP contribution in [-0.4, -0.2) is 36.2 Å². The molecule has 1 saturated heterocycles. The van der Waals surface area contributed by atoms with Crippen LogP contribution in [0, 0.1) is 0 Å². The van der Waals surface area contributed by atoms with Crippen molar-refractivity contribution in [3.63, 3.8) is 0 Å². The third-order valence-corrected chi connectivity index (χ3v) is 6.00. The van der Waals surface area contributed by atoms with E-state index in [1.807, 2.05) is 44.2 Å². The molecule has 3 rings (SSSR count). The summed E-state index contributed by atoms with van der Waals surface area (Å²) in [4.78, 5) is 19.4. The van der Waals surface area contributed by atoms with Gasteiger partial charge in [0.15, 0.2) is 16.7 Å². The summed E-state index contributed by atoms with van der Waals surface area (Å²) in [7, 11) is 1.71. The minimum atomic E-state index is -0.110. The number of carbonyl (C=O) groups excluding carboxylic acids is 1. The number of carbonyl (C=O) groups is 1. The van der Waals surface area contributed by atoms with Crippen LogP contribution in [0.1, 0.15) is 19.4 Å². The highest BCUT2D eigenvalue weighted by Crippen LogP contribution is 2.38. The molecule has 0 atom stereocenters. The van der Waals surface area contributed by atoms with Crippen molar-refractivity contribution in [2.75, 3.05) is 20.3 Å². The van der Waals surface area contributed by atoms with Gasteiger partial charge in [-0.15, -0.1) is 0 Å². The summed E-state index contributed by atoms with van der Waals surface area (Å²) < 4.78 is 12.2. The van der Waals surface area contributed by atoms with Crippen LogP contribution in [0.25, 0.3) is 6.08 Å². The van der Waals surface area contributed by atoms with Gasteiger partial charge in [-0.2, -0.15) is 0 Å². The zero-order chi connectivity index (χ0) is 21.0. The van der Waals surface area contributed by atoms with Crippen molar-refractivity contribution >= 4 is 62.1 Å². The summed E-state index contributed by atoms with van der Waals surface area (Å²) in [5.41, 5.74) is 1.56. The van der Waals surface area contributed by atoms with Crippen molar-refractivity contribution < 1.29 is 14.3 Å². The summed E-state index contributed by atoms with van der Waals surface area (Å²) in [5.74, 6) is 1.19. The van der Waals surface area contributed by atoms with E-state index in [4.69, 9.17) is 21.1 Å². The first-order valence-electron chi connectivity index (χ1n) is 9.04. The maximum Gasteiger partial charge on any atom is 0.266 e. The van der Waals surface area contributed by atoms with Crippen LogP contribution in [0.4, 0.5) is 5.69 Å². The Bertz CT molecular complexity index is 977. The molecule has 1 heterocycles. The maximum absolute atomic E-state index is 12.7. The standard InChI is InChI=1S/C21H20BrClN2O3S/c1-4-27-17-10-13(16(22)12-18(17)28-5-2)11-19-20(26)25(3)21(29-19)24-15-8-6-14(23)7-9-15/h6-12H,4-5H2,1-3H3/b19-11-,24-21?. The number of amides is 1. The molecule has 29 heavy (non-hydrogen) atoms. The fourth-order valence-electron chi connectivity index (χ4n) is 2.62. The quantitative estimate of drug-likeness (QED) is 0.452. The first kappa shape index (κ1) is 21.7.